The summed E-state index contributed by atoms with van der Waals surface area (Å²) < 4.78 is 11.6. The van der Waals surface area contributed by atoms with Gasteiger partial charge in [0.25, 0.3) is 0 Å². The van der Waals surface area contributed by atoms with E-state index in [4.69, 9.17) is 9.47 Å². The lowest BCUT2D eigenvalue weighted by atomic mass is 10.0. The fourth-order valence-corrected chi connectivity index (χ4v) is 2.44. The van der Waals surface area contributed by atoms with Gasteiger partial charge in [0.05, 0.1) is 17.8 Å². The highest BCUT2D eigenvalue weighted by Gasteiger charge is 2.45. The Hall–Kier alpha value is -0.930. The summed E-state index contributed by atoms with van der Waals surface area (Å²) in [6, 6.07) is 0. The second kappa shape index (κ2) is 4.39. The molecule has 2 aliphatic heterocycles. The summed E-state index contributed by atoms with van der Waals surface area (Å²) in [7, 11) is 0. The summed E-state index contributed by atoms with van der Waals surface area (Å²) in [4.78, 5) is 11.9. The number of carbonyl (C=O) groups is 1. The van der Waals surface area contributed by atoms with Gasteiger partial charge in [-0.2, -0.15) is 0 Å². The van der Waals surface area contributed by atoms with Crippen molar-refractivity contribution in [1.29, 1.82) is 0 Å². The molecule has 3 heteroatoms. The average Bonchev–Trinajstić information content (AvgIpc) is 2.83. The molecule has 2 heterocycles. The molecule has 17 heavy (non-hydrogen) atoms. The van der Waals surface area contributed by atoms with Crippen LogP contribution in [0.4, 0.5) is 0 Å². The molecule has 94 valence electrons. The van der Waals surface area contributed by atoms with E-state index in [1.807, 2.05) is 19.9 Å². The van der Waals surface area contributed by atoms with Gasteiger partial charge in [0.15, 0.2) is 5.78 Å². The van der Waals surface area contributed by atoms with Gasteiger partial charge in [0.1, 0.15) is 6.10 Å². The van der Waals surface area contributed by atoms with E-state index in [0.717, 1.165) is 18.4 Å². The fourth-order valence-electron chi connectivity index (χ4n) is 2.44. The number of hydrogen-bond donors (Lipinski definition) is 0. The maximum atomic E-state index is 11.9. The van der Waals surface area contributed by atoms with Crippen molar-refractivity contribution in [2.45, 2.75) is 57.0 Å². The molecule has 4 atom stereocenters. The van der Waals surface area contributed by atoms with Crippen molar-refractivity contribution < 1.29 is 14.3 Å². The standard InChI is InChI=1S/C14H20O3/c1-5-14(4)7-6-11(17-14)13-10(15)8-12(16-13)9(2)3/h5,11-13H,1-2,6-8H2,3-4H3/t11-,12?,13-,14-/m0/s1. The third-order valence-electron chi connectivity index (χ3n) is 3.68. The van der Waals surface area contributed by atoms with Crippen LogP contribution in [0.1, 0.15) is 33.1 Å². The van der Waals surface area contributed by atoms with Crippen LogP contribution in [0.15, 0.2) is 24.8 Å². The van der Waals surface area contributed by atoms with Crippen molar-refractivity contribution >= 4 is 5.78 Å². The third-order valence-corrected chi connectivity index (χ3v) is 3.68. The van der Waals surface area contributed by atoms with Gasteiger partial charge in [-0.1, -0.05) is 18.2 Å². The highest BCUT2D eigenvalue weighted by atomic mass is 16.6. The third kappa shape index (κ3) is 2.35. The van der Waals surface area contributed by atoms with Gasteiger partial charge in [0, 0.05) is 6.42 Å². The molecular weight excluding hydrogens is 216 g/mol. The molecule has 0 saturated carbocycles. The average molecular weight is 236 g/mol. The van der Waals surface area contributed by atoms with Crippen molar-refractivity contribution in [3.05, 3.63) is 24.8 Å². The van der Waals surface area contributed by atoms with Crippen LogP contribution >= 0.6 is 0 Å². The Bertz CT molecular complexity index is 360. The Balaban J connectivity index is 2.03. The molecule has 0 aliphatic carbocycles. The smallest absolute Gasteiger partial charge is 0.167 e. The quantitative estimate of drug-likeness (QED) is 0.706. The first-order valence-corrected chi connectivity index (χ1v) is 6.10. The lowest BCUT2D eigenvalue weighted by Crippen LogP contribution is -2.34. The van der Waals surface area contributed by atoms with Gasteiger partial charge < -0.3 is 9.47 Å². The molecule has 1 unspecified atom stereocenters. The molecule has 2 saturated heterocycles. The first-order valence-electron chi connectivity index (χ1n) is 6.10. The lowest BCUT2D eigenvalue weighted by molar-refractivity contribution is -0.132. The summed E-state index contributed by atoms with van der Waals surface area (Å²) in [5, 5.41) is 0. The molecule has 0 bridgehead atoms. The molecule has 2 fully saturated rings. The van der Waals surface area contributed by atoms with E-state index in [1.165, 1.54) is 0 Å². The van der Waals surface area contributed by atoms with E-state index in [9.17, 15) is 4.79 Å². The highest BCUT2D eigenvalue weighted by molar-refractivity contribution is 5.86. The van der Waals surface area contributed by atoms with Crippen molar-refractivity contribution in [3.63, 3.8) is 0 Å². The number of ketones is 1. The van der Waals surface area contributed by atoms with Crippen LogP contribution in [0.25, 0.3) is 0 Å². The minimum absolute atomic E-state index is 0.130. The normalized spacial score (nSPS) is 41.8. The molecular formula is C14H20O3. The first kappa shape index (κ1) is 12.5. The van der Waals surface area contributed by atoms with Crippen LogP contribution in [-0.4, -0.2) is 29.7 Å². The monoisotopic (exact) mass is 236 g/mol. The van der Waals surface area contributed by atoms with Crippen LogP contribution in [0.5, 0.6) is 0 Å². The zero-order valence-electron chi connectivity index (χ0n) is 10.6. The number of Topliss-reactive ketones (excluding diaryl/α,β-unsaturated/α-hetero) is 1. The van der Waals surface area contributed by atoms with Crippen molar-refractivity contribution in [2.24, 2.45) is 0 Å². The predicted octanol–water partition coefficient (Wildman–Crippen LogP) is 2.41. The van der Waals surface area contributed by atoms with Gasteiger partial charge in [-0.15, -0.1) is 6.58 Å². The molecule has 0 aromatic rings. The molecule has 0 amide bonds. The van der Waals surface area contributed by atoms with E-state index in [0.29, 0.717) is 6.42 Å². The molecule has 0 N–H and O–H groups in total. The Morgan fingerprint density at radius 1 is 1.59 bits per heavy atom. The summed E-state index contributed by atoms with van der Waals surface area (Å²) in [5.41, 5.74) is 0.598. The number of rotatable bonds is 3. The lowest BCUT2D eigenvalue weighted by Gasteiger charge is -2.23. The summed E-state index contributed by atoms with van der Waals surface area (Å²) in [5.74, 6) is 0.135. The maximum Gasteiger partial charge on any atom is 0.167 e. The van der Waals surface area contributed by atoms with Gasteiger partial charge in [-0.3, -0.25) is 4.79 Å². The fraction of sp³-hybridized carbons (Fsp3) is 0.643. The number of carbonyl (C=O) groups excluding carboxylic acids is 1. The van der Waals surface area contributed by atoms with Gasteiger partial charge >= 0.3 is 0 Å². The summed E-state index contributed by atoms with van der Waals surface area (Å²) >= 11 is 0. The zero-order chi connectivity index (χ0) is 12.6. The molecule has 2 aliphatic rings. The molecule has 0 aromatic heterocycles. The van der Waals surface area contributed by atoms with Crippen molar-refractivity contribution in [1.82, 2.24) is 0 Å². The van der Waals surface area contributed by atoms with E-state index < -0.39 is 6.10 Å². The van der Waals surface area contributed by atoms with Crippen LogP contribution in [0.2, 0.25) is 0 Å². The van der Waals surface area contributed by atoms with Crippen LogP contribution in [0, 0.1) is 0 Å². The van der Waals surface area contributed by atoms with E-state index >= 15 is 0 Å². The second-order valence-electron chi connectivity index (χ2n) is 5.27. The van der Waals surface area contributed by atoms with Crippen molar-refractivity contribution in [3.8, 4) is 0 Å². The van der Waals surface area contributed by atoms with Crippen LogP contribution in [0.3, 0.4) is 0 Å². The minimum Gasteiger partial charge on any atom is -0.365 e. The topological polar surface area (TPSA) is 35.5 Å². The maximum absolute atomic E-state index is 11.9. The number of ether oxygens (including phenoxy) is 2. The Labute approximate surface area is 102 Å². The Morgan fingerprint density at radius 2 is 2.29 bits per heavy atom. The molecule has 0 spiro atoms. The predicted molar refractivity (Wildman–Crippen MR) is 65.8 cm³/mol. The SMILES string of the molecule is C=C[C@@]1(C)CC[C@@H]([C@H]2OC(C(=C)C)CC2=O)O1. The number of hydrogen-bond acceptors (Lipinski definition) is 3. The van der Waals surface area contributed by atoms with Crippen LogP contribution < -0.4 is 0 Å². The Morgan fingerprint density at radius 3 is 2.76 bits per heavy atom. The molecule has 0 aromatic carbocycles. The van der Waals surface area contributed by atoms with E-state index in [1.54, 1.807) is 0 Å². The summed E-state index contributed by atoms with van der Waals surface area (Å²) in [6.07, 6.45) is 3.31. The highest BCUT2D eigenvalue weighted by Crippen LogP contribution is 2.36. The largest absolute Gasteiger partial charge is 0.365 e. The summed E-state index contributed by atoms with van der Waals surface area (Å²) in [6.45, 7) is 11.5. The minimum atomic E-state index is -0.418. The van der Waals surface area contributed by atoms with Crippen LogP contribution in [-0.2, 0) is 14.3 Å². The van der Waals surface area contributed by atoms with E-state index in [-0.39, 0.29) is 23.6 Å². The van der Waals surface area contributed by atoms with Gasteiger partial charge in [0.2, 0.25) is 0 Å². The molecule has 0 radical (unpaired) electrons. The van der Waals surface area contributed by atoms with E-state index in [2.05, 4.69) is 13.2 Å². The zero-order valence-corrected chi connectivity index (χ0v) is 10.6. The molecule has 3 nitrogen and oxygen atoms in total. The Kier molecular flexibility index (Phi) is 3.23. The van der Waals surface area contributed by atoms with Gasteiger partial charge in [-0.25, -0.2) is 0 Å². The first-order chi connectivity index (χ1) is 7.95. The molecule has 2 rings (SSSR count). The van der Waals surface area contributed by atoms with Gasteiger partial charge in [-0.05, 0) is 26.7 Å². The van der Waals surface area contributed by atoms with Crippen molar-refractivity contribution in [2.75, 3.05) is 0 Å². The second-order valence-corrected chi connectivity index (χ2v) is 5.27.